The summed E-state index contributed by atoms with van der Waals surface area (Å²) >= 11 is 0. The number of esters is 1. The van der Waals surface area contributed by atoms with Crippen molar-refractivity contribution in [3.05, 3.63) is 28.8 Å². The maximum absolute atomic E-state index is 12.1. The van der Waals surface area contributed by atoms with Gasteiger partial charge in [0.15, 0.2) is 9.84 Å². The molecule has 0 spiro atoms. The summed E-state index contributed by atoms with van der Waals surface area (Å²) in [6.45, 7) is 2.11. The molecule has 0 aromatic heterocycles. The number of hydrogen-bond acceptors (Lipinski definition) is 4. The highest BCUT2D eigenvalue weighted by atomic mass is 32.2. The molecule has 0 amide bonds. The van der Waals surface area contributed by atoms with Crippen molar-refractivity contribution < 1.29 is 17.9 Å². The Labute approximate surface area is 132 Å². The number of methoxy groups -OCH3 is 1. The zero-order valence-electron chi connectivity index (χ0n) is 13.3. The molecule has 0 atom stereocenters. The molecule has 0 aliphatic carbocycles. The zero-order valence-corrected chi connectivity index (χ0v) is 14.1. The van der Waals surface area contributed by atoms with Gasteiger partial charge in [-0.3, -0.25) is 0 Å². The van der Waals surface area contributed by atoms with Crippen LogP contribution >= 0.6 is 0 Å². The number of carbonyl (C=O) groups excluding carboxylic acids is 1. The summed E-state index contributed by atoms with van der Waals surface area (Å²) in [6.07, 6.45) is 11.3. The summed E-state index contributed by atoms with van der Waals surface area (Å²) in [7, 11) is -2.30. The van der Waals surface area contributed by atoms with Gasteiger partial charge in [-0.1, -0.05) is 38.2 Å². The molecular weight excluding hydrogens is 300 g/mol. The fraction of sp³-hybridized carbons (Fsp3) is 0.471. The Hall–Kier alpha value is -1.80. The molecule has 0 bridgehead atoms. The van der Waals surface area contributed by atoms with Crippen LogP contribution < -0.4 is 0 Å². The highest BCUT2D eigenvalue weighted by Crippen LogP contribution is 2.26. The number of sulfone groups is 1. The Balaban J connectivity index is 3.35. The third-order valence-electron chi connectivity index (χ3n) is 3.46. The number of hydrogen-bond donors (Lipinski definition) is 0. The number of terminal acetylenes is 1. The first-order valence-corrected chi connectivity index (χ1v) is 9.16. The van der Waals surface area contributed by atoms with Crippen molar-refractivity contribution >= 4 is 15.8 Å². The van der Waals surface area contributed by atoms with E-state index in [1.807, 2.05) is 0 Å². The van der Waals surface area contributed by atoms with Crippen LogP contribution in [0.2, 0.25) is 0 Å². The summed E-state index contributed by atoms with van der Waals surface area (Å²) in [6, 6.07) is 3.21. The fourth-order valence-corrected chi connectivity index (χ4v) is 3.60. The maximum Gasteiger partial charge on any atom is 0.339 e. The number of benzene rings is 1. The lowest BCUT2D eigenvalue weighted by Crippen LogP contribution is -2.12. The first kappa shape index (κ1) is 18.2. The standard InChI is InChI=1S/C17H22O4S/c1-5-7-8-9-10-13-11-12-15(17(18)21-3)14(6-2)16(13)22(4,19)20/h2,11-12H,5,7-10H2,1,3-4H3. The van der Waals surface area contributed by atoms with E-state index in [9.17, 15) is 13.2 Å². The van der Waals surface area contributed by atoms with E-state index in [1.165, 1.54) is 7.11 Å². The van der Waals surface area contributed by atoms with Crippen molar-refractivity contribution in [3.63, 3.8) is 0 Å². The minimum absolute atomic E-state index is 0.0781. The summed E-state index contributed by atoms with van der Waals surface area (Å²) < 4.78 is 28.9. The SMILES string of the molecule is C#Cc1c(C(=O)OC)ccc(CCCCCC)c1S(C)(=O)=O. The normalized spacial score (nSPS) is 11.0. The van der Waals surface area contributed by atoms with E-state index in [2.05, 4.69) is 17.6 Å². The van der Waals surface area contributed by atoms with Crippen molar-refractivity contribution in [1.29, 1.82) is 0 Å². The third kappa shape index (κ3) is 4.35. The van der Waals surface area contributed by atoms with E-state index in [-0.39, 0.29) is 16.0 Å². The van der Waals surface area contributed by atoms with Crippen molar-refractivity contribution in [2.75, 3.05) is 13.4 Å². The Kier molecular flexibility index (Phi) is 6.63. The topological polar surface area (TPSA) is 60.4 Å². The molecule has 0 radical (unpaired) electrons. The molecular formula is C17H22O4S. The second-order valence-corrected chi connectivity index (χ2v) is 7.15. The number of rotatable bonds is 7. The van der Waals surface area contributed by atoms with Gasteiger partial charge in [-0.15, -0.1) is 6.42 Å². The number of carbonyl (C=O) groups is 1. The van der Waals surface area contributed by atoms with Gasteiger partial charge in [0.05, 0.1) is 23.1 Å². The number of unbranched alkanes of at least 4 members (excludes halogenated alkanes) is 3. The minimum Gasteiger partial charge on any atom is -0.465 e. The predicted molar refractivity (Wildman–Crippen MR) is 86.7 cm³/mol. The highest BCUT2D eigenvalue weighted by Gasteiger charge is 2.23. The van der Waals surface area contributed by atoms with Gasteiger partial charge >= 0.3 is 5.97 Å². The molecule has 120 valence electrons. The molecule has 0 saturated carbocycles. The highest BCUT2D eigenvalue weighted by molar-refractivity contribution is 7.90. The Morgan fingerprint density at radius 1 is 1.27 bits per heavy atom. The molecule has 1 aromatic carbocycles. The molecule has 0 saturated heterocycles. The van der Waals surface area contributed by atoms with Crippen LogP contribution in [0.1, 0.15) is 54.1 Å². The number of ether oxygens (including phenoxy) is 1. The van der Waals surface area contributed by atoms with E-state index in [4.69, 9.17) is 6.42 Å². The van der Waals surface area contributed by atoms with Gasteiger partial charge in [0, 0.05) is 6.26 Å². The van der Waals surface area contributed by atoms with Crippen LogP contribution in [-0.2, 0) is 21.0 Å². The monoisotopic (exact) mass is 322 g/mol. The molecule has 0 unspecified atom stereocenters. The summed E-state index contributed by atoms with van der Waals surface area (Å²) in [5.41, 5.74) is 0.879. The van der Waals surface area contributed by atoms with E-state index >= 15 is 0 Å². The Morgan fingerprint density at radius 3 is 2.45 bits per heavy atom. The molecule has 0 aliphatic heterocycles. The summed E-state index contributed by atoms with van der Waals surface area (Å²) in [5, 5.41) is 0. The third-order valence-corrected chi connectivity index (χ3v) is 4.67. The fourth-order valence-electron chi connectivity index (χ4n) is 2.41. The molecule has 0 N–H and O–H groups in total. The van der Waals surface area contributed by atoms with Crippen LogP contribution in [0.5, 0.6) is 0 Å². The van der Waals surface area contributed by atoms with Gasteiger partial charge in [-0.05, 0) is 24.5 Å². The average Bonchev–Trinajstić information content (AvgIpc) is 2.48. The van der Waals surface area contributed by atoms with Gasteiger partial charge in [-0.2, -0.15) is 0 Å². The molecule has 1 aromatic rings. The van der Waals surface area contributed by atoms with Crippen LogP contribution in [0, 0.1) is 12.3 Å². The Bertz CT molecular complexity index is 681. The zero-order chi connectivity index (χ0) is 16.8. The average molecular weight is 322 g/mol. The van der Waals surface area contributed by atoms with Crippen LogP contribution in [0.4, 0.5) is 0 Å². The molecule has 4 nitrogen and oxygen atoms in total. The maximum atomic E-state index is 12.1. The lowest BCUT2D eigenvalue weighted by Gasteiger charge is -2.13. The largest absolute Gasteiger partial charge is 0.465 e. The van der Waals surface area contributed by atoms with Crippen LogP contribution in [0.3, 0.4) is 0 Å². The molecule has 0 fully saturated rings. The quantitative estimate of drug-likeness (QED) is 0.440. The lowest BCUT2D eigenvalue weighted by molar-refractivity contribution is 0.0600. The molecule has 1 rings (SSSR count). The van der Waals surface area contributed by atoms with Crippen molar-refractivity contribution in [1.82, 2.24) is 0 Å². The molecule has 0 heterocycles. The number of aryl methyl sites for hydroxylation is 1. The van der Waals surface area contributed by atoms with Gasteiger partial charge < -0.3 is 4.74 Å². The van der Waals surface area contributed by atoms with Gasteiger partial charge in [0.25, 0.3) is 0 Å². The first-order chi connectivity index (χ1) is 10.4. The lowest BCUT2D eigenvalue weighted by atomic mass is 10.00. The van der Waals surface area contributed by atoms with E-state index in [0.717, 1.165) is 31.9 Å². The van der Waals surface area contributed by atoms with Crippen LogP contribution in [0.25, 0.3) is 0 Å². The van der Waals surface area contributed by atoms with Crippen molar-refractivity contribution in [3.8, 4) is 12.3 Å². The first-order valence-electron chi connectivity index (χ1n) is 7.27. The minimum atomic E-state index is -3.53. The van der Waals surface area contributed by atoms with E-state index in [1.54, 1.807) is 12.1 Å². The second-order valence-electron chi connectivity index (χ2n) is 5.20. The summed E-state index contributed by atoms with van der Waals surface area (Å²) in [5.74, 6) is 1.72. The van der Waals surface area contributed by atoms with Crippen LogP contribution in [-0.4, -0.2) is 27.8 Å². The van der Waals surface area contributed by atoms with Crippen molar-refractivity contribution in [2.24, 2.45) is 0 Å². The van der Waals surface area contributed by atoms with Gasteiger partial charge in [0.1, 0.15) is 0 Å². The van der Waals surface area contributed by atoms with E-state index in [0.29, 0.717) is 12.0 Å². The predicted octanol–water partition coefficient (Wildman–Crippen LogP) is 2.98. The molecule has 0 aliphatic rings. The Morgan fingerprint density at radius 2 is 1.95 bits per heavy atom. The molecule has 22 heavy (non-hydrogen) atoms. The molecule has 5 heteroatoms. The smallest absolute Gasteiger partial charge is 0.339 e. The van der Waals surface area contributed by atoms with E-state index < -0.39 is 15.8 Å². The van der Waals surface area contributed by atoms with Crippen LogP contribution in [0.15, 0.2) is 17.0 Å². The summed E-state index contributed by atoms with van der Waals surface area (Å²) in [4.78, 5) is 11.8. The van der Waals surface area contributed by atoms with Crippen molar-refractivity contribution in [2.45, 2.75) is 43.9 Å². The van der Waals surface area contributed by atoms with Gasteiger partial charge in [-0.25, -0.2) is 13.2 Å². The second kappa shape index (κ2) is 8.00. The van der Waals surface area contributed by atoms with Gasteiger partial charge in [0.2, 0.25) is 0 Å².